The second kappa shape index (κ2) is 5.28. The van der Waals surface area contributed by atoms with Crippen molar-refractivity contribution in [3.05, 3.63) is 0 Å². The summed E-state index contributed by atoms with van der Waals surface area (Å²) in [6.07, 6.45) is 0.250. The van der Waals surface area contributed by atoms with E-state index < -0.39 is 11.9 Å². The van der Waals surface area contributed by atoms with Crippen molar-refractivity contribution < 1.29 is 14.3 Å². The monoisotopic (exact) mass is 132 g/mol. The lowest BCUT2D eigenvalue weighted by Crippen LogP contribution is -2.06. The summed E-state index contributed by atoms with van der Waals surface area (Å²) in [6.45, 7) is 2.83. The summed E-state index contributed by atoms with van der Waals surface area (Å²) in [5, 5.41) is 0. The van der Waals surface area contributed by atoms with Crippen LogP contribution >= 0.6 is 0 Å². The van der Waals surface area contributed by atoms with Crippen molar-refractivity contribution in [2.24, 2.45) is 0 Å². The number of rotatable bonds is 1. The lowest BCUT2D eigenvalue weighted by Gasteiger charge is -1.92. The van der Waals surface area contributed by atoms with Gasteiger partial charge in [-0.05, 0) is 0 Å². The van der Waals surface area contributed by atoms with Crippen molar-refractivity contribution in [1.29, 1.82) is 0 Å². The van der Waals surface area contributed by atoms with E-state index in [1.54, 1.807) is 6.92 Å². The van der Waals surface area contributed by atoms with Gasteiger partial charge in [0, 0.05) is 13.3 Å². The topological polar surface area (TPSA) is 43.4 Å². The average Bonchev–Trinajstić information content (AvgIpc) is 1.65. The Balaban J connectivity index is 0. The van der Waals surface area contributed by atoms with E-state index in [0.29, 0.717) is 0 Å². The zero-order valence-electron chi connectivity index (χ0n) is 4.93. The molecule has 3 nitrogen and oxygen atoms in total. The van der Waals surface area contributed by atoms with Gasteiger partial charge in [-0.25, -0.2) is 0 Å². The minimum absolute atomic E-state index is 0. The van der Waals surface area contributed by atoms with Crippen LogP contribution in [0.3, 0.4) is 0 Å². The molecule has 3 heteroatoms. The van der Waals surface area contributed by atoms with Crippen LogP contribution < -0.4 is 0 Å². The third kappa shape index (κ3) is 7.14. The van der Waals surface area contributed by atoms with E-state index in [2.05, 4.69) is 4.74 Å². The summed E-state index contributed by atoms with van der Waals surface area (Å²) in [5.41, 5.74) is 0. The van der Waals surface area contributed by atoms with Crippen molar-refractivity contribution >= 4 is 11.9 Å². The van der Waals surface area contributed by atoms with Gasteiger partial charge in [-0.2, -0.15) is 0 Å². The van der Waals surface area contributed by atoms with Crippen LogP contribution in [0.2, 0.25) is 0 Å². The van der Waals surface area contributed by atoms with Gasteiger partial charge in [-0.3, -0.25) is 9.59 Å². The Bertz CT molecular complexity index is 107. The van der Waals surface area contributed by atoms with E-state index in [0.717, 1.165) is 0 Å². The molecule has 0 bridgehead atoms. The van der Waals surface area contributed by atoms with Gasteiger partial charge >= 0.3 is 11.9 Å². The van der Waals surface area contributed by atoms with E-state index >= 15 is 0 Å². The predicted octanol–water partition coefficient (Wildman–Crippen LogP) is 1.12. The molecule has 0 heterocycles. The van der Waals surface area contributed by atoms with Crippen LogP contribution in [0.15, 0.2) is 0 Å². The Hall–Kier alpha value is -0.860. The molecule has 0 fully saturated rings. The minimum atomic E-state index is -0.545. The van der Waals surface area contributed by atoms with Crippen molar-refractivity contribution in [3.63, 3.8) is 0 Å². The fourth-order valence-electron chi connectivity index (χ4n) is 0.232. The van der Waals surface area contributed by atoms with E-state index in [-0.39, 0.29) is 13.8 Å². The Morgan fingerprint density at radius 3 is 2.00 bits per heavy atom. The molecule has 0 saturated heterocycles. The summed E-state index contributed by atoms with van der Waals surface area (Å²) in [5.74, 6) is -1.02. The molecule has 0 spiro atoms. The fourth-order valence-corrected chi connectivity index (χ4v) is 0.232. The second-order valence-corrected chi connectivity index (χ2v) is 1.32. The van der Waals surface area contributed by atoms with E-state index in [4.69, 9.17) is 0 Å². The van der Waals surface area contributed by atoms with Crippen LogP contribution in [0, 0.1) is 0 Å². The molecule has 0 atom stereocenters. The normalized spacial score (nSPS) is 7.33. The number of esters is 2. The molecule has 0 amide bonds. The van der Waals surface area contributed by atoms with Crippen molar-refractivity contribution in [2.45, 2.75) is 27.7 Å². The van der Waals surface area contributed by atoms with Gasteiger partial charge in [0.1, 0.15) is 0 Å². The summed E-state index contributed by atoms with van der Waals surface area (Å²) in [6, 6.07) is 0. The number of ether oxygens (including phenoxy) is 1. The lowest BCUT2D eigenvalue weighted by atomic mass is 10.5. The first kappa shape index (κ1) is 11.0. The number of carbonyl (C=O) groups excluding carboxylic acids is 2. The second-order valence-electron chi connectivity index (χ2n) is 1.32. The molecule has 0 radical (unpaired) electrons. The first-order valence-electron chi connectivity index (χ1n) is 2.38. The number of hydrogen-bond donors (Lipinski definition) is 0. The quantitative estimate of drug-likeness (QED) is 0.396. The van der Waals surface area contributed by atoms with Crippen LogP contribution in [0.5, 0.6) is 0 Å². The summed E-state index contributed by atoms with van der Waals surface area (Å²) in [7, 11) is 0. The Kier molecular flexibility index (Phi) is 6.46. The Morgan fingerprint density at radius 2 is 1.89 bits per heavy atom. The van der Waals surface area contributed by atoms with Gasteiger partial charge in [0.05, 0.1) is 0 Å². The molecule has 0 aliphatic heterocycles. The van der Waals surface area contributed by atoms with Gasteiger partial charge in [-0.1, -0.05) is 14.4 Å². The Labute approximate surface area is 55.0 Å². The number of carbonyl (C=O) groups is 2. The van der Waals surface area contributed by atoms with Crippen molar-refractivity contribution in [2.75, 3.05) is 0 Å². The van der Waals surface area contributed by atoms with Gasteiger partial charge in [0.25, 0.3) is 0 Å². The van der Waals surface area contributed by atoms with Crippen LogP contribution in [0.25, 0.3) is 0 Å². The third-order valence-electron chi connectivity index (χ3n) is 0.546. The highest BCUT2D eigenvalue weighted by Gasteiger charge is 1.99. The SMILES string of the molecule is C.CCC(=O)OC(C)=O. The number of hydrogen-bond acceptors (Lipinski definition) is 3. The smallest absolute Gasteiger partial charge is 0.313 e. The van der Waals surface area contributed by atoms with E-state index in [9.17, 15) is 9.59 Å². The summed E-state index contributed by atoms with van der Waals surface area (Å²) >= 11 is 0. The maximum absolute atomic E-state index is 10.2. The van der Waals surface area contributed by atoms with Gasteiger partial charge in [0.2, 0.25) is 0 Å². The Morgan fingerprint density at radius 1 is 1.44 bits per heavy atom. The molecule has 0 aromatic heterocycles. The first-order valence-corrected chi connectivity index (χ1v) is 2.38. The highest BCUT2D eigenvalue weighted by atomic mass is 16.6. The molecule has 0 aliphatic carbocycles. The van der Waals surface area contributed by atoms with Gasteiger partial charge in [0.15, 0.2) is 0 Å². The van der Waals surface area contributed by atoms with Crippen LogP contribution in [0.4, 0.5) is 0 Å². The maximum atomic E-state index is 10.2. The molecule has 9 heavy (non-hydrogen) atoms. The standard InChI is InChI=1S/C5H8O3.CH4/c1-3-5(7)8-4(2)6;/h3H2,1-2H3;1H4. The van der Waals surface area contributed by atoms with Crippen LogP contribution in [-0.2, 0) is 14.3 Å². The maximum Gasteiger partial charge on any atom is 0.313 e. The first-order chi connectivity index (χ1) is 3.66. The van der Waals surface area contributed by atoms with Crippen molar-refractivity contribution in [3.8, 4) is 0 Å². The van der Waals surface area contributed by atoms with E-state index in [1.165, 1.54) is 6.92 Å². The molecule has 0 rings (SSSR count). The zero-order valence-corrected chi connectivity index (χ0v) is 4.93. The predicted molar refractivity (Wildman–Crippen MR) is 33.8 cm³/mol. The fraction of sp³-hybridized carbons (Fsp3) is 0.667. The molecule has 0 N–H and O–H groups in total. The van der Waals surface area contributed by atoms with Gasteiger partial charge < -0.3 is 4.74 Å². The minimum Gasteiger partial charge on any atom is -0.393 e. The molecule has 0 aromatic rings. The highest BCUT2D eigenvalue weighted by Crippen LogP contribution is 1.82. The third-order valence-corrected chi connectivity index (χ3v) is 0.546. The van der Waals surface area contributed by atoms with E-state index in [1.807, 2.05) is 0 Å². The van der Waals surface area contributed by atoms with Crippen molar-refractivity contribution in [1.82, 2.24) is 0 Å². The molecule has 0 saturated carbocycles. The molecule has 0 aromatic carbocycles. The average molecular weight is 132 g/mol. The summed E-state index contributed by atoms with van der Waals surface area (Å²) in [4.78, 5) is 20.1. The van der Waals surface area contributed by atoms with Crippen LogP contribution in [-0.4, -0.2) is 11.9 Å². The molecule has 0 unspecified atom stereocenters. The largest absolute Gasteiger partial charge is 0.393 e. The van der Waals surface area contributed by atoms with Crippen LogP contribution in [0.1, 0.15) is 27.7 Å². The zero-order chi connectivity index (χ0) is 6.57. The van der Waals surface area contributed by atoms with Gasteiger partial charge in [-0.15, -0.1) is 0 Å². The molecular weight excluding hydrogens is 120 g/mol. The molecular formula is C6H12O3. The molecule has 0 aliphatic rings. The lowest BCUT2D eigenvalue weighted by molar-refractivity contribution is -0.157. The molecule has 54 valence electrons. The summed E-state index contributed by atoms with van der Waals surface area (Å²) < 4.78 is 4.12. The highest BCUT2D eigenvalue weighted by molar-refractivity contribution is 5.83.